The first kappa shape index (κ1) is 28.5. The molecule has 0 aliphatic heterocycles. The van der Waals surface area contributed by atoms with Gasteiger partial charge in [0.15, 0.2) is 0 Å². The van der Waals surface area contributed by atoms with Gasteiger partial charge >= 0.3 is 0 Å². The van der Waals surface area contributed by atoms with E-state index >= 15 is 0 Å². The van der Waals surface area contributed by atoms with E-state index in [1.54, 1.807) is 0 Å². The summed E-state index contributed by atoms with van der Waals surface area (Å²) in [6.45, 7) is 4.26. The van der Waals surface area contributed by atoms with E-state index in [1.165, 1.54) is 60.1 Å². The van der Waals surface area contributed by atoms with Crippen LogP contribution >= 0.6 is 0 Å². The fourth-order valence-corrected chi connectivity index (χ4v) is 6.57. The number of hydrogen-bond acceptors (Lipinski definition) is 2. The maximum atomic E-state index is 6.35. The summed E-state index contributed by atoms with van der Waals surface area (Å²) in [5, 5.41) is 7.37. The number of nitrogens with two attached hydrogens (primary N) is 1. The normalized spacial score (nSPS) is 12.5. The van der Waals surface area contributed by atoms with E-state index in [1.807, 2.05) is 12.3 Å². The second-order valence-electron chi connectivity index (χ2n) is 12.3. The van der Waals surface area contributed by atoms with Gasteiger partial charge in [0.05, 0.1) is 16.7 Å². The van der Waals surface area contributed by atoms with Crippen LogP contribution in [0.25, 0.3) is 77.1 Å². The second-order valence-corrected chi connectivity index (χ2v) is 12.3. The van der Waals surface area contributed by atoms with Gasteiger partial charge < -0.3 is 10.3 Å². The number of nitrogens with zero attached hydrogens (tertiary/aromatic N) is 2. The third-order valence-electron chi connectivity index (χ3n) is 9.34. The van der Waals surface area contributed by atoms with E-state index in [0.717, 1.165) is 34.6 Å². The van der Waals surface area contributed by atoms with Crippen LogP contribution in [-0.2, 0) is 0 Å². The monoisotopic (exact) mass is 605 g/mol. The highest BCUT2D eigenvalue weighted by molar-refractivity contribution is 6.19. The van der Waals surface area contributed by atoms with Gasteiger partial charge in [-0.3, -0.25) is 4.98 Å². The molecule has 0 fully saturated rings. The van der Waals surface area contributed by atoms with Gasteiger partial charge in [-0.05, 0) is 89.2 Å². The first-order chi connectivity index (χ1) is 23.1. The highest BCUT2D eigenvalue weighted by Gasteiger charge is 2.17. The average Bonchev–Trinajstić information content (AvgIpc) is 3.47. The van der Waals surface area contributed by atoms with E-state index in [-0.39, 0.29) is 0 Å². The molecule has 0 spiro atoms. The largest absolute Gasteiger partial charge is 0.398 e. The van der Waals surface area contributed by atoms with E-state index in [9.17, 15) is 0 Å². The van der Waals surface area contributed by atoms with Crippen molar-refractivity contribution in [3.63, 3.8) is 0 Å². The molecular formula is C44H35N3. The fraction of sp³-hybridized carbons (Fsp3) is 0.0682. The Morgan fingerprint density at radius 2 is 1.32 bits per heavy atom. The van der Waals surface area contributed by atoms with Crippen LogP contribution in [0.15, 0.2) is 157 Å². The summed E-state index contributed by atoms with van der Waals surface area (Å²) < 4.78 is 2.42. The number of aromatic nitrogens is 2. The third-order valence-corrected chi connectivity index (χ3v) is 9.34. The Morgan fingerprint density at radius 1 is 0.638 bits per heavy atom. The summed E-state index contributed by atoms with van der Waals surface area (Å²) in [5.74, 6) is 0. The Bertz CT molecular complexity index is 2500. The standard InChI is InChI=1S/C44H35N3/c1-3-29(2)13-23-41(45)36-19-24-42(46-28-36)35-18-20-38-34(26-35)17-22-40-39-21-16-33(32-15-14-30-9-7-8-10-31(30)25-32)27-43(39)47(44(38)40)37-11-5-4-6-12-37/h4-28H,3,45H2,1-2H3/b29-13-,41-23-. The molecule has 226 valence electrons. The zero-order valence-corrected chi connectivity index (χ0v) is 26.6. The molecule has 0 radical (unpaired) electrons. The SMILES string of the molecule is CC/C(C)=C\C=C(/N)c1ccc(-c2ccc3c(ccc4c5ccc(-c6ccc7ccccc7c6)cc5n(-c5ccccc5)c34)c2)nc1. The number of allylic oxidation sites excluding steroid dienone is 3. The van der Waals surface area contributed by atoms with E-state index in [0.29, 0.717) is 0 Å². The van der Waals surface area contributed by atoms with Crippen LogP contribution in [0.1, 0.15) is 25.8 Å². The van der Waals surface area contributed by atoms with Crippen LogP contribution in [0.5, 0.6) is 0 Å². The lowest BCUT2D eigenvalue weighted by atomic mass is 9.99. The maximum Gasteiger partial charge on any atom is 0.0702 e. The predicted octanol–water partition coefficient (Wildman–Crippen LogP) is 11.5. The number of para-hydroxylation sites is 1. The van der Waals surface area contributed by atoms with Gasteiger partial charge in [-0.15, -0.1) is 0 Å². The zero-order valence-electron chi connectivity index (χ0n) is 26.6. The zero-order chi connectivity index (χ0) is 31.9. The summed E-state index contributed by atoms with van der Waals surface area (Å²) in [4.78, 5) is 4.80. The van der Waals surface area contributed by atoms with Gasteiger partial charge in [0.1, 0.15) is 0 Å². The van der Waals surface area contributed by atoms with Crippen molar-refractivity contribution in [2.24, 2.45) is 5.73 Å². The molecule has 2 N–H and O–H groups in total. The molecule has 3 nitrogen and oxygen atoms in total. The lowest BCUT2D eigenvalue weighted by Crippen LogP contribution is -1.97. The topological polar surface area (TPSA) is 43.8 Å². The number of fused-ring (bicyclic) bond motifs is 6. The highest BCUT2D eigenvalue weighted by atomic mass is 15.0. The molecule has 0 saturated heterocycles. The molecule has 2 aromatic heterocycles. The maximum absolute atomic E-state index is 6.35. The number of benzene rings is 6. The van der Waals surface area contributed by atoms with Gasteiger partial charge in [-0.2, -0.15) is 0 Å². The van der Waals surface area contributed by atoms with Crippen LogP contribution in [0, 0.1) is 0 Å². The van der Waals surface area contributed by atoms with Crippen LogP contribution in [0.4, 0.5) is 0 Å². The van der Waals surface area contributed by atoms with Crippen molar-refractivity contribution >= 4 is 49.0 Å². The van der Waals surface area contributed by atoms with Crippen molar-refractivity contribution in [2.75, 3.05) is 0 Å². The minimum atomic E-state index is 0.718. The van der Waals surface area contributed by atoms with Gasteiger partial charge in [-0.1, -0.05) is 110 Å². The van der Waals surface area contributed by atoms with Crippen molar-refractivity contribution in [3.05, 3.63) is 163 Å². The Hall–Kier alpha value is -5.93. The Labute approximate surface area is 274 Å². The van der Waals surface area contributed by atoms with Crippen molar-refractivity contribution in [1.82, 2.24) is 9.55 Å². The number of hydrogen-bond donors (Lipinski definition) is 1. The highest BCUT2D eigenvalue weighted by Crippen LogP contribution is 2.39. The smallest absolute Gasteiger partial charge is 0.0702 e. The molecule has 0 saturated carbocycles. The summed E-state index contributed by atoms with van der Waals surface area (Å²) >= 11 is 0. The van der Waals surface area contributed by atoms with Crippen molar-refractivity contribution in [1.29, 1.82) is 0 Å². The van der Waals surface area contributed by atoms with Gasteiger partial charge in [0.2, 0.25) is 0 Å². The Morgan fingerprint density at radius 3 is 2.13 bits per heavy atom. The molecule has 0 atom stereocenters. The van der Waals surface area contributed by atoms with Gasteiger partial charge in [0.25, 0.3) is 0 Å². The molecule has 3 heteroatoms. The van der Waals surface area contributed by atoms with Gasteiger partial charge in [0, 0.05) is 44.9 Å². The Balaban J connectivity index is 1.26. The van der Waals surface area contributed by atoms with Crippen molar-refractivity contribution in [2.45, 2.75) is 20.3 Å². The lowest BCUT2D eigenvalue weighted by molar-refractivity contribution is 1.10. The molecule has 0 aliphatic carbocycles. The van der Waals surface area contributed by atoms with Crippen LogP contribution in [0.2, 0.25) is 0 Å². The quantitative estimate of drug-likeness (QED) is 0.192. The van der Waals surface area contributed by atoms with Crippen LogP contribution in [-0.4, -0.2) is 9.55 Å². The third kappa shape index (κ3) is 5.16. The lowest BCUT2D eigenvalue weighted by Gasteiger charge is -2.11. The van der Waals surface area contributed by atoms with E-state index in [2.05, 4.69) is 158 Å². The number of pyridine rings is 1. The summed E-state index contributed by atoms with van der Waals surface area (Å²) in [7, 11) is 0. The van der Waals surface area contributed by atoms with Crippen LogP contribution in [0.3, 0.4) is 0 Å². The number of rotatable bonds is 6. The molecule has 0 bridgehead atoms. The first-order valence-corrected chi connectivity index (χ1v) is 16.2. The summed E-state index contributed by atoms with van der Waals surface area (Å²) in [6, 6.07) is 48.2. The molecule has 6 aromatic carbocycles. The Kier molecular flexibility index (Phi) is 7.15. The molecule has 47 heavy (non-hydrogen) atoms. The predicted molar refractivity (Wildman–Crippen MR) is 201 cm³/mol. The minimum Gasteiger partial charge on any atom is -0.398 e. The average molecular weight is 606 g/mol. The molecule has 8 rings (SSSR count). The second kappa shape index (κ2) is 11.8. The summed E-state index contributed by atoms with van der Waals surface area (Å²) in [5.41, 5.74) is 17.3. The van der Waals surface area contributed by atoms with E-state index < -0.39 is 0 Å². The molecule has 2 heterocycles. The van der Waals surface area contributed by atoms with E-state index in [4.69, 9.17) is 10.7 Å². The van der Waals surface area contributed by atoms with Gasteiger partial charge in [-0.25, -0.2) is 0 Å². The molecule has 8 aromatic rings. The molecule has 0 unspecified atom stereocenters. The fourth-order valence-electron chi connectivity index (χ4n) is 6.57. The minimum absolute atomic E-state index is 0.718. The first-order valence-electron chi connectivity index (χ1n) is 16.2. The van der Waals surface area contributed by atoms with Crippen molar-refractivity contribution in [3.8, 4) is 28.1 Å². The molecule has 0 amide bonds. The molecular weight excluding hydrogens is 571 g/mol. The molecule has 0 aliphatic rings. The summed E-state index contributed by atoms with van der Waals surface area (Å²) in [6.07, 6.45) is 6.91. The van der Waals surface area contributed by atoms with Crippen LogP contribution < -0.4 is 5.73 Å². The van der Waals surface area contributed by atoms with Crippen molar-refractivity contribution < 1.29 is 0 Å².